The summed E-state index contributed by atoms with van der Waals surface area (Å²) in [6.07, 6.45) is 1.96. The van der Waals surface area contributed by atoms with Crippen LogP contribution in [-0.4, -0.2) is 14.6 Å². The molecule has 2 heterocycles. The summed E-state index contributed by atoms with van der Waals surface area (Å²) in [5.74, 6) is 0. The van der Waals surface area contributed by atoms with Crippen molar-refractivity contribution in [2.75, 3.05) is 0 Å². The first kappa shape index (κ1) is 14.1. The van der Waals surface area contributed by atoms with Crippen LogP contribution in [0, 0.1) is 8.78 Å². The van der Waals surface area contributed by atoms with Crippen molar-refractivity contribution in [3.05, 3.63) is 57.4 Å². The number of rotatable bonds is 2. The molecular weight excluding hydrogens is 413 g/mol. The van der Waals surface area contributed by atoms with Gasteiger partial charge >= 0.3 is 0 Å². The van der Waals surface area contributed by atoms with E-state index in [0.717, 1.165) is 25.3 Å². The highest BCUT2D eigenvalue weighted by Crippen LogP contribution is 2.30. The van der Waals surface area contributed by atoms with E-state index in [-0.39, 0.29) is 0 Å². The maximum Gasteiger partial charge on any atom is 0.195 e. The van der Waals surface area contributed by atoms with Gasteiger partial charge in [0.15, 0.2) is 10.6 Å². The lowest BCUT2D eigenvalue weighted by molar-refractivity contribution is -0.991. The fraction of sp³-hybridized carbons (Fsp3) is 0. The van der Waals surface area contributed by atoms with Gasteiger partial charge in [-0.3, -0.25) is 4.40 Å². The summed E-state index contributed by atoms with van der Waals surface area (Å²) in [7, 11) is 0. The zero-order valence-corrected chi connectivity index (χ0v) is 14.1. The first-order valence-corrected chi connectivity index (χ1v) is 8.43. The molecule has 2 N–H and O–H groups in total. The average molecular weight is 423 g/mol. The largest absolute Gasteiger partial charge is 0.595 e. The summed E-state index contributed by atoms with van der Waals surface area (Å²) >= 11 is 3.66. The standard InChI is InChI=1S/C15H10IN3O2S/c16-10-6-5-9(7-13(10)19(20)21)11-8-18-12-3-1-2-4-14(12)22-15(18)17-11/h1-8,19-20H. The zero-order chi connectivity index (χ0) is 15.3. The molecule has 0 aliphatic heterocycles. The number of nitrogens with zero attached hydrogens (tertiary/aromatic N) is 2. The third-order valence-corrected chi connectivity index (χ3v) is 5.47. The van der Waals surface area contributed by atoms with Crippen molar-refractivity contribution < 1.29 is 10.4 Å². The topological polar surface area (TPSA) is 65.0 Å². The van der Waals surface area contributed by atoms with Crippen LogP contribution >= 0.6 is 33.9 Å². The normalized spacial score (nSPS) is 13.0. The van der Waals surface area contributed by atoms with E-state index in [0.29, 0.717) is 5.69 Å². The number of para-hydroxylation sites is 1. The molecule has 0 aliphatic rings. The number of nitrogens with one attached hydrogen (secondary N) is 1. The number of quaternary nitrogens is 1. The number of hydrogen-bond donors (Lipinski definition) is 2. The third kappa shape index (κ3) is 2.22. The zero-order valence-electron chi connectivity index (χ0n) is 11.2. The molecule has 7 heteroatoms. The molecule has 110 valence electrons. The van der Waals surface area contributed by atoms with E-state index in [2.05, 4.69) is 17.1 Å². The van der Waals surface area contributed by atoms with Crippen molar-refractivity contribution in [2.45, 2.75) is 0 Å². The number of halogens is 1. The quantitative estimate of drug-likeness (QED) is 0.385. The fourth-order valence-corrected chi connectivity index (χ4v) is 4.01. The van der Waals surface area contributed by atoms with Crippen LogP contribution in [0.4, 0.5) is 5.69 Å². The van der Waals surface area contributed by atoms with Gasteiger partial charge in [0, 0.05) is 17.8 Å². The average Bonchev–Trinajstić information content (AvgIpc) is 3.05. The molecule has 0 amide bonds. The van der Waals surface area contributed by atoms with Gasteiger partial charge in [0.2, 0.25) is 0 Å². The van der Waals surface area contributed by atoms with Gasteiger partial charge in [-0.15, -0.1) is 0 Å². The van der Waals surface area contributed by atoms with Gasteiger partial charge in [-0.1, -0.05) is 29.5 Å². The Morgan fingerprint density at radius 3 is 2.86 bits per heavy atom. The molecule has 1 atom stereocenters. The van der Waals surface area contributed by atoms with Gasteiger partial charge in [-0.25, -0.2) is 10.2 Å². The van der Waals surface area contributed by atoms with Gasteiger partial charge in [0.25, 0.3) is 0 Å². The Morgan fingerprint density at radius 1 is 1.23 bits per heavy atom. The lowest BCUT2D eigenvalue weighted by Gasteiger charge is -2.13. The molecule has 0 bridgehead atoms. The Labute approximate surface area is 143 Å². The van der Waals surface area contributed by atoms with Crippen LogP contribution in [0.15, 0.2) is 48.7 Å². The Morgan fingerprint density at radius 2 is 2.05 bits per heavy atom. The molecule has 0 saturated carbocycles. The van der Waals surface area contributed by atoms with Crippen molar-refractivity contribution in [3.8, 4) is 11.3 Å². The molecule has 22 heavy (non-hydrogen) atoms. The summed E-state index contributed by atoms with van der Waals surface area (Å²) in [5.41, 5.74) is 3.03. The minimum absolute atomic E-state index is 0.305. The SMILES string of the molecule is [O-][NH+](O)c1cc(-c2cn3c(n2)sc2ccccc23)ccc1I. The Kier molecular flexibility index (Phi) is 3.39. The molecule has 2 aromatic carbocycles. The van der Waals surface area contributed by atoms with E-state index in [1.54, 1.807) is 17.4 Å². The van der Waals surface area contributed by atoms with Crippen LogP contribution < -0.4 is 5.23 Å². The van der Waals surface area contributed by atoms with Crippen molar-refractivity contribution in [2.24, 2.45) is 0 Å². The van der Waals surface area contributed by atoms with Crippen LogP contribution in [0.1, 0.15) is 0 Å². The number of imidazole rings is 1. The highest BCUT2D eigenvalue weighted by molar-refractivity contribution is 14.1. The highest BCUT2D eigenvalue weighted by Gasteiger charge is 2.13. The lowest BCUT2D eigenvalue weighted by Crippen LogP contribution is -2.99. The predicted molar refractivity (Wildman–Crippen MR) is 94.5 cm³/mol. The second-order valence-electron chi connectivity index (χ2n) is 4.85. The van der Waals surface area contributed by atoms with Crippen molar-refractivity contribution >= 4 is 54.8 Å². The fourth-order valence-electron chi connectivity index (χ4n) is 2.44. The van der Waals surface area contributed by atoms with Gasteiger partial charge in [0.05, 0.1) is 19.5 Å². The van der Waals surface area contributed by atoms with Gasteiger partial charge in [-0.05, 0) is 40.8 Å². The van der Waals surface area contributed by atoms with E-state index < -0.39 is 5.23 Å². The second kappa shape index (κ2) is 5.28. The van der Waals surface area contributed by atoms with Gasteiger partial charge in [-0.2, -0.15) is 5.23 Å². The van der Waals surface area contributed by atoms with E-state index in [1.165, 1.54) is 4.70 Å². The van der Waals surface area contributed by atoms with E-state index in [9.17, 15) is 10.4 Å². The number of aromatic nitrogens is 2. The molecule has 0 saturated heterocycles. The van der Waals surface area contributed by atoms with E-state index >= 15 is 0 Å². The van der Waals surface area contributed by atoms with Crippen LogP contribution in [0.5, 0.6) is 0 Å². The Balaban J connectivity index is 1.89. The Hall–Kier alpha value is -1.52. The number of benzene rings is 2. The second-order valence-corrected chi connectivity index (χ2v) is 7.02. The summed E-state index contributed by atoms with van der Waals surface area (Å²) in [5, 5.41) is 19.6. The van der Waals surface area contributed by atoms with Crippen molar-refractivity contribution in [1.29, 1.82) is 0 Å². The molecule has 0 spiro atoms. The highest BCUT2D eigenvalue weighted by atomic mass is 127. The summed E-state index contributed by atoms with van der Waals surface area (Å²) in [4.78, 5) is 5.55. The van der Waals surface area contributed by atoms with E-state index in [1.807, 2.05) is 57.5 Å². The van der Waals surface area contributed by atoms with Crippen LogP contribution in [-0.2, 0) is 0 Å². The molecule has 4 rings (SSSR count). The van der Waals surface area contributed by atoms with Crippen LogP contribution in [0.25, 0.3) is 26.4 Å². The van der Waals surface area contributed by atoms with Gasteiger partial charge in [0.1, 0.15) is 0 Å². The maximum atomic E-state index is 11.3. The minimum Gasteiger partial charge on any atom is -0.595 e. The van der Waals surface area contributed by atoms with E-state index in [4.69, 9.17) is 0 Å². The van der Waals surface area contributed by atoms with Gasteiger partial charge < -0.3 is 5.21 Å². The van der Waals surface area contributed by atoms with Crippen molar-refractivity contribution in [3.63, 3.8) is 0 Å². The first-order chi connectivity index (χ1) is 10.6. The summed E-state index contributed by atoms with van der Waals surface area (Å²) in [6.45, 7) is 0. The molecular formula is C15H10IN3O2S. The number of fused-ring (bicyclic) bond motifs is 3. The number of thiazole rings is 1. The molecule has 4 aromatic rings. The minimum atomic E-state index is -0.919. The Bertz CT molecular complexity index is 993. The maximum absolute atomic E-state index is 11.3. The molecule has 0 fully saturated rings. The third-order valence-electron chi connectivity index (χ3n) is 3.49. The molecule has 2 aromatic heterocycles. The van der Waals surface area contributed by atoms with Crippen LogP contribution in [0.2, 0.25) is 0 Å². The summed E-state index contributed by atoms with van der Waals surface area (Å²) in [6, 6.07) is 13.5. The lowest BCUT2D eigenvalue weighted by atomic mass is 10.1. The summed E-state index contributed by atoms with van der Waals surface area (Å²) < 4.78 is 3.96. The smallest absolute Gasteiger partial charge is 0.195 e. The predicted octanol–water partition coefficient (Wildman–Crippen LogP) is 3.22. The molecule has 1 unspecified atom stereocenters. The number of hydrogen-bond acceptors (Lipinski definition) is 4. The molecule has 5 nitrogen and oxygen atoms in total. The first-order valence-electron chi connectivity index (χ1n) is 6.53. The monoisotopic (exact) mass is 423 g/mol. The molecule has 0 aliphatic carbocycles. The van der Waals surface area contributed by atoms with Crippen molar-refractivity contribution in [1.82, 2.24) is 9.38 Å². The van der Waals surface area contributed by atoms with Crippen LogP contribution in [0.3, 0.4) is 0 Å². The molecule has 0 radical (unpaired) electrons.